The molecule has 2 fully saturated rings. The standard InChI is InChI=1S/C25H28N8O/c1-3-17-11-20-21(29-25(17)34)10-16(12-26-20)14-32-8-9-33(23-7-6-22(23)32)18-4-5-19(27-13-18)24-28-15(2)30-31-24/h4-5,10-13,22-23H,3,6-9,14H2,1-2H3,(H,29,34)(H,28,30,31)/t22-,23-/m1/s1. The Morgan fingerprint density at radius 1 is 1.09 bits per heavy atom. The van der Waals surface area contributed by atoms with Gasteiger partial charge in [-0.3, -0.25) is 24.8 Å². The van der Waals surface area contributed by atoms with Crippen LogP contribution in [0.5, 0.6) is 0 Å². The molecule has 6 rings (SSSR count). The minimum Gasteiger partial charge on any atom is -0.364 e. The number of nitrogens with zero attached hydrogens (tertiary/aromatic N) is 6. The van der Waals surface area contributed by atoms with Gasteiger partial charge in [0.05, 0.1) is 22.9 Å². The number of aryl methyl sites for hydroxylation is 2. The van der Waals surface area contributed by atoms with Gasteiger partial charge >= 0.3 is 0 Å². The van der Waals surface area contributed by atoms with Crippen LogP contribution in [0.3, 0.4) is 0 Å². The van der Waals surface area contributed by atoms with Gasteiger partial charge in [0.2, 0.25) is 0 Å². The number of fused-ring (bicyclic) bond motifs is 2. The third-order valence-electron chi connectivity index (χ3n) is 7.20. The van der Waals surface area contributed by atoms with Gasteiger partial charge in [0.1, 0.15) is 11.5 Å². The summed E-state index contributed by atoms with van der Waals surface area (Å²) in [6, 6.07) is 9.13. The monoisotopic (exact) mass is 456 g/mol. The average Bonchev–Trinajstić information content (AvgIpc) is 3.26. The molecule has 174 valence electrons. The molecule has 1 aliphatic carbocycles. The zero-order valence-electron chi connectivity index (χ0n) is 19.5. The van der Waals surface area contributed by atoms with E-state index in [0.717, 1.165) is 59.0 Å². The lowest BCUT2D eigenvalue weighted by Crippen LogP contribution is -2.64. The first-order valence-electron chi connectivity index (χ1n) is 12.0. The van der Waals surface area contributed by atoms with Crippen LogP contribution in [-0.2, 0) is 13.0 Å². The Bertz CT molecular complexity index is 1390. The van der Waals surface area contributed by atoms with Gasteiger partial charge in [-0.05, 0) is 56.0 Å². The number of pyridine rings is 3. The lowest BCUT2D eigenvalue weighted by molar-refractivity contribution is 0.0659. The average molecular weight is 457 g/mol. The highest BCUT2D eigenvalue weighted by Crippen LogP contribution is 2.37. The number of nitrogens with one attached hydrogen (secondary N) is 2. The van der Waals surface area contributed by atoms with Crippen LogP contribution >= 0.6 is 0 Å². The summed E-state index contributed by atoms with van der Waals surface area (Å²) in [7, 11) is 0. The summed E-state index contributed by atoms with van der Waals surface area (Å²) in [6.45, 7) is 6.65. The van der Waals surface area contributed by atoms with Crippen molar-refractivity contribution >= 4 is 16.7 Å². The van der Waals surface area contributed by atoms with Crippen LogP contribution in [-0.4, -0.2) is 60.2 Å². The fourth-order valence-corrected chi connectivity index (χ4v) is 5.23. The summed E-state index contributed by atoms with van der Waals surface area (Å²) in [5.41, 5.74) is 5.50. The van der Waals surface area contributed by atoms with E-state index in [0.29, 0.717) is 24.3 Å². The highest BCUT2D eigenvalue weighted by Gasteiger charge is 2.42. The van der Waals surface area contributed by atoms with Gasteiger partial charge in [0.15, 0.2) is 5.82 Å². The number of piperazine rings is 1. The Labute approximate surface area is 197 Å². The number of aromatic nitrogens is 6. The van der Waals surface area contributed by atoms with E-state index in [9.17, 15) is 4.79 Å². The molecule has 0 bridgehead atoms. The molecule has 0 aromatic carbocycles. The van der Waals surface area contributed by atoms with Gasteiger partial charge in [-0.1, -0.05) is 6.92 Å². The third kappa shape index (κ3) is 3.66. The molecule has 0 unspecified atom stereocenters. The predicted molar refractivity (Wildman–Crippen MR) is 131 cm³/mol. The molecule has 0 amide bonds. The SMILES string of the molecule is CCc1cc2ncc(CN3CCN(c4ccc(-c5n[nH]c(C)n5)nc4)[C@@H]4CC[C@H]43)cc2[nH]c1=O. The van der Waals surface area contributed by atoms with Crippen LogP contribution < -0.4 is 10.5 Å². The molecule has 34 heavy (non-hydrogen) atoms. The molecule has 2 aliphatic rings. The normalized spacial score (nSPS) is 20.4. The molecule has 2 N–H and O–H groups in total. The first-order valence-corrected chi connectivity index (χ1v) is 12.0. The minimum atomic E-state index is -0.0144. The second-order valence-corrected chi connectivity index (χ2v) is 9.28. The fraction of sp³-hybridized carbons (Fsp3) is 0.400. The zero-order valence-corrected chi connectivity index (χ0v) is 19.5. The number of hydrogen-bond acceptors (Lipinski definition) is 7. The Morgan fingerprint density at radius 2 is 1.97 bits per heavy atom. The molecule has 1 saturated heterocycles. The summed E-state index contributed by atoms with van der Waals surface area (Å²) in [5.74, 6) is 1.42. The van der Waals surface area contributed by atoms with Gasteiger partial charge in [0.25, 0.3) is 5.56 Å². The lowest BCUT2D eigenvalue weighted by atomic mass is 9.81. The van der Waals surface area contributed by atoms with E-state index in [4.69, 9.17) is 0 Å². The van der Waals surface area contributed by atoms with Gasteiger partial charge < -0.3 is 9.88 Å². The summed E-state index contributed by atoms with van der Waals surface area (Å²) < 4.78 is 0. The molecule has 0 spiro atoms. The highest BCUT2D eigenvalue weighted by atomic mass is 16.1. The Kier molecular flexibility index (Phi) is 5.13. The van der Waals surface area contributed by atoms with Crippen LogP contribution in [0.1, 0.15) is 36.7 Å². The second kappa shape index (κ2) is 8.32. The van der Waals surface area contributed by atoms with E-state index in [-0.39, 0.29) is 5.56 Å². The van der Waals surface area contributed by atoms with Crippen molar-refractivity contribution in [1.29, 1.82) is 0 Å². The molecule has 2 atom stereocenters. The fourth-order valence-electron chi connectivity index (χ4n) is 5.23. The topological polar surface area (TPSA) is 107 Å². The van der Waals surface area contributed by atoms with Crippen LogP contribution in [0, 0.1) is 6.92 Å². The molecule has 4 aromatic rings. The first kappa shape index (κ1) is 21.0. The Morgan fingerprint density at radius 3 is 2.68 bits per heavy atom. The number of rotatable bonds is 5. The number of aromatic amines is 2. The van der Waals surface area contributed by atoms with Crippen LogP contribution in [0.2, 0.25) is 0 Å². The molecular weight excluding hydrogens is 428 g/mol. The van der Waals surface area contributed by atoms with E-state index in [2.05, 4.69) is 52.1 Å². The van der Waals surface area contributed by atoms with Crippen molar-refractivity contribution in [3.63, 3.8) is 0 Å². The van der Waals surface area contributed by atoms with E-state index in [1.54, 1.807) is 0 Å². The maximum atomic E-state index is 12.2. The van der Waals surface area contributed by atoms with Gasteiger partial charge in [-0.2, -0.15) is 5.10 Å². The van der Waals surface area contributed by atoms with E-state index >= 15 is 0 Å². The van der Waals surface area contributed by atoms with E-state index in [1.807, 2.05) is 38.4 Å². The van der Waals surface area contributed by atoms with Crippen molar-refractivity contribution in [2.45, 2.75) is 51.7 Å². The largest absolute Gasteiger partial charge is 0.364 e. The number of H-pyrrole nitrogens is 2. The predicted octanol–water partition coefficient (Wildman–Crippen LogP) is 2.83. The lowest BCUT2D eigenvalue weighted by Gasteiger charge is -2.54. The Hall–Kier alpha value is -3.59. The van der Waals surface area contributed by atoms with Gasteiger partial charge in [0, 0.05) is 43.5 Å². The molecular formula is C25H28N8O. The van der Waals surface area contributed by atoms with Crippen LogP contribution in [0.4, 0.5) is 5.69 Å². The molecule has 9 heteroatoms. The summed E-state index contributed by atoms with van der Waals surface area (Å²) in [4.78, 5) is 33.9. The first-order chi connectivity index (χ1) is 16.6. The van der Waals surface area contributed by atoms with Gasteiger partial charge in [-0.15, -0.1) is 0 Å². The van der Waals surface area contributed by atoms with Gasteiger partial charge in [-0.25, -0.2) is 4.98 Å². The van der Waals surface area contributed by atoms with Crippen molar-refractivity contribution in [3.8, 4) is 11.5 Å². The van der Waals surface area contributed by atoms with E-state index in [1.165, 1.54) is 12.8 Å². The van der Waals surface area contributed by atoms with Crippen molar-refractivity contribution in [2.24, 2.45) is 0 Å². The molecule has 9 nitrogen and oxygen atoms in total. The third-order valence-corrected chi connectivity index (χ3v) is 7.20. The van der Waals surface area contributed by atoms with Crippen molar-refractivity contribution < 1.29 is 0 Å². The molecule has 4 aromatic heterocycles. The van der Waals surface area contributed by atoms with Crippen LogP contribution in [0.25, 0.3) is 22.6 Å². The smallest absolute Gasteiger partial charge is 0.251 e. The molecule has 5 heterocycles. The maximum absolute atomic E-state index is 12.2. The minimum absolute atomic E-state index is 0.0144. The highest BCUT2D eigenvalue weighted by molar-refractivity contribution is 5.74. The van der Waals surface area contributed by atoms with Crippen LogP contribution in [0.15, 0.2) is 41.5 Å². The van der Waals surface area contributed by atoms with Crippen molar-refractivity contribution in [1.82, 2.24) is 35.0 Å². The molecule has 1 aliphatic heterocycles. The summed E-state index contributed by atoms with van der Waals surface area (Å²) in [5, 5.41) is 7.08. The number of anilines is 1. The van der Waals surface area contributed by atoms with E-state index < -0.39 is 0 Å². The summed E-state index contributed by atoms with van der Waals surface area (Å²) in [6.07, 6.45) is 6.99. The Balaban J connectivity index is 1.17. The molecule has 0 radical (unpaired) electrons. The zero-order chi connectivity index (χ0) is 23.2. The van der Waals surface area contributed by atoms with Crippen molar-refractivity contribution in [3.05, 3.63) is 64.0 Å². The number of hydrogen-bond donors (Lipinski definition) is 2. The molecule has 1 saturated carbocycles. The quantitative estimate of drug-likeness (QED) is 0.476. The maximum Gasteiger partial charge on any atom is 0.251 e. The summed E-state index contributed by atoms with van der Waals surface area (Å²) >= 11 is 0. The second-order valence-electron chi connectivity index (χ2n) is 9.28. The van der Waals surface area contributed by atoms with Crippen molar-refractivity contribution in [2.75, 3.05) is 18.0 Å².